The quantitative estimate of drug-likeness (QED) is 0.651. The van der Waals surface area contributed by atoms with Crippen LogP contribution in [0.1, 0.15) is 44.0 Å². The lowest BCUT2D eigenvalue weighted by molar-refractivity contribution is 0.192. The fourth-order valence-corrected chi connectivity index (χ4v) is 6.06. The third kappa shape index (κ3) is 3.98. The van der Waals surface area contributed by atoms with Crippen LogP contribution < -0.4 is 16.4 Å². The van der Waals surface area contributed by atoms with Crippen molar-refractivity contribution in [2.24, 2.45) is 17.1 Å². The fourth-order valence-electron chi connectivity index (χ4n) is 4.96. The van der Waals surface area contributed by atoms with Gasteiger partial charge in [-0.2, -0.15) is 0 Å². The Balaban J connectivity index is 1.55. The van der Waals surface area contributed by atoms with Crippen LogP contribution in [0.15, 0.2) is 22.2 Å². The van der Waals surface area contributed by atoms with Gasteiger partial charge in [0.1, 0.15) is 16.5 Å². The molecule has 1 spiro atoms. The first-order valence-corrected chi connectivity index (χ1v) is 11.6. The molecular weight excluding hydrogens is 420 g/mol. The van der Waals surface area contributed by atoms with E-state index in [0.717, 1.165) is 48.8 Å². The molecule has 0 bridgehead atoms. The second kappa shape index (κ2) is 8.49. The van der Waals surface area contributed by atoms with Gasteiger partial charge in [0.2, 0.25) is 0 Å². The molecule has 7 nitrogen and oxygen atoms in total. The van der Waals surface area contributed by atoms with Crippen LogP contribution in [-0.4, -0.2) is 39.2 Å². The number of nitrogen functional groups attached to an aromatic ring is 1. The summed E-state index contributed by atoms with van der Waals surface area (Å²) in [6.45, 7) is 5.85. The minimum absolute atomic E-state index is 0.166. The van der Waals surface area contributed by atoms with Crippen LogP contribution in [0.4, 0.5) is 11.6 Å². The zero-order valence-corrected chi connectivity index (χ0v) is 19.0. The van der Waals surface area contributed by atoms with E-state index >= 15 is 0 Å². The number of aryl methyl sites for hydroxylation is 1. The van der Waals surface area contributed by atoms with E-state index in [4.69, 9.17) is 33.0 Å². The number of hydrogen-bond acceptors (Lipinski definition) is 8. The Morgan fingerprint density at radius 2 is 2.07 bits per heavy atom. The number of rotatable bonds is 4. The smallest absolute Gasteiger partial charge is 0.153 e. The van der Waals surface area contributed by atoms with Crippen molar-refractivity contribution in [1.29, 1.82) is 0 Å². The van der Waals surface area contributed by atoms with E-state index in [2.05, 4.69) is 16.8 Å². The van der Waals surface area contributed by atoms with E-state index in [-0.39, 0.29) is 23.9 Å². The van der Waals surface area contributed by atoms with Gasteiger partial charge in [0.25, 0.3) is 0 Å². The van der Waals surface area contributed by atoms with Gasteiger partial charge in [0, 0.05) is 30.2 Å². The summed E-state index contributed by atoms with van der Waals surface area (Å²) in [6.07, 6.45) is 6.07. The van der Waals surface area contributed by atoms with Crippen LogP contribution >= 0.6 is 23.4 Å². The Hall–Kier alpha value is -1.61. The summed E-state index contributed by atoms with van der Waals surface area (Å²) >= 11 is 7.66. The molecular formula is C21H29ClN6OS. The average molecular weight is 449 g/mol. The van der Waals surface area contributed by atoms with Gasteiger partial charge in [-0.1, -0.05) is 30.3 Å². The van der Waals surface area contributed by atoms with E-state index in [1.165, 1.54) is 18.2 Å². The number of hydrogen-bond donors (Lipinski definition) is 3. The second-order valence-electron chi connectivity index (χ2n) is 8.65. The third-order valence-electron chi connectivity index (χ3n) is 6.57. The monoisotopic (exact) mass is 448 g/mol. The van der Waals surface area contributed by atoms with Crippen molar-refractivity contribution in [3.8, 4) is 0 Å². The van der Waals surface area contributed by atoms with E-state index in [1.54, 1.807) is 12.3 Å². The highest BCUT2D eigenvalue weighted by Gasteiger charge is 2.46. The lowest BCUT2D eigenvalue weighted by Gasteiger charge is -2.43. The van der Waals surface area contributed by atoms with Crippen molar-refractivity contribution in [1.82, 2.24) is 15.0 Å². The summed E-state index contributed by atoms with van der Waals surface area (Å²) in [5, 5.41) is 11.1. The summed E-state index contributed by atoms with van der Waals surface area (Å²) in [5.74, 6) is 1.76. The van der Waals surface area contributed by atoms with Gasteiger partial charge in [0.15, 0.2) is 5.82 Å². The molecule has 0 aromatic carbocycles. The molecule has 2 aliphatic rings. The Morgan fingerprint density at radius 3 is 2.70 bits per heavy atom. The van der Waals surface area contributed by atoms with Crippen molar-refractivity contribution in [2.45, 2.75) is 62.1 Å². The fraction of sp³-hybridized carbons (Fsp3) is 0.571. The summed E-state index contributed by atoms with van der Waals surface area (Å²) in [5.41, 5.74) is 13.9. The third-order valence-corrected chi connectivity index (χ3v) is 8.22. The summed E-state index contributed by atoms with van der Waals surface area (Å²) in [4.78, 5) is 16.5. The standard InChI is InChI=1S/C21H29ClN6OS/c1-12-9-16(23)21(10-12)4-7-28(8-5-21)19-14(11-29)27-20(13(2)26-19)30-15-3-6-25-18(24)17(15)22/h3,6,12,16,29H,4-5,7-11,23H2,1-2H3,(H2,24,25)/t12-,16-/m1/s1. The van der Waals surface area contributed by atoms with Gasteiger partial charge >= 0.3 is 0 Å². The molecule has 2 aromatic rings. The lowest BCUT2D eigenvalue weighted by Crippen LogP contribution is -2.47. The largest absolute Gasteiger partial charge is 0.390 e. The van der Waals surface area contributed by atoms with Crippen molar-refractivity contribution < 1.29 is 5.11 Å². The first kappa shape index (κ1) is 21.6. The molecule has 2 aromatic heterocycles. The van der Waals surface area contributed by atoms with E-state index in [1.807, 2.05) is 6.92 Å². The van der Waals surface area contributed by atoms with Crippen LogP contribution in [0.2, 0.25) is 5.02 Å². The number of piperidine rings is 1. The van der Waals surface area contributed by atoms with E-state index < -0.39 is 0 Å². The van der Waals surface area contributed by atoms with Crippen molar-refractivity contribution in [2.75, 3.05) is 23.7 Å². The summed E-state index contributed by atoms with van der Waals surface area (Å²) in [6, 6.07) is 2.09. The Bertz CT molecular complexity index is 934. The highest BCUT2D eigenvalue weighted by Crippen LogP contribution is 2.48. The molecule has 1 saturated heterocycles. The molecule has 5 N–H and O–H groups in total. The molecule has 2 atom stereocenters. The molecule has 0 amide bonds. The van der Waals surface area contributed by atoms with Crippen molar-refractivity contribution >= 4 is 35.0 Å². The zero-order chi connectivity index (χ0) is 21.5. The first-order chi connectivity index (χ1) is 14.3. The molecule has 9 heteroatoms. The molecule has 162 valence electrons. The number of halogens is 1. The predicted octanol–water partition coefficient (Wildman–Crippen LogP) is 3.40. The van der Waals surface area contributed by atoms with Gasteiger partial charge in [-0.15, -0.1) is 0 Å². The van der Waals surface area contributed by atoms with Crippen molar-refractivity contribution in [3.63, 3.8) is 0 Å². The molecule has 0 radical (unpaired) electrons. The van der Waals surface area contributed by atoms with Gasteiger partial charge in [-0.05, 0) is 50.0 Å². The maximum absolute atomic E-state index is 10.00. The summed E-state index contributed by atoms with van der Waals surface area (Å²) < 4.78 is 0. The average Bonchev–Trinajstić information content (AvgIpc) is 2.99. The van der Waals surface area contributed by atoms with Crippen LogP contribution in [0.5, 0.6) is 0 Å². The minimum Gasteiger partial charge on any atom is -0.390 e. The lowest BCUT2D eigenvalue weighted by atomic mass is 9.74. The van der Waals surface area contributed by atoms with E-state index in [0.29, 0.717) is 21.7 Å². The van der Waals surface area contributed by atoms with Gasteiger partial charge in [-0.3, -0.25) is 0 Å². The van der Waals surface area contributed by atoms with Crippen LogP contribution in [0.3, 0.4) is 0 Å². The predicted molar refractivity (Wildman–Crippen MR) is 121 cm³/mol. The van der Waals surface area contributed by atoms with Crippen LogP contribution in [0.25, 0.3) is 0 Å². The normalized spacial score (nSPS) is 23.3. The van der Waals surface area contributed by atoms with Gasteiger partial charge in [-0.25, -0.2) is 15.0 Å². The first-order valence-electron chi connectivity index (χ1n) is 10.4. The molecule has 0 unspecified atom stereocenters. The Kier molecular flexibility index (Phi) is 6.12. The zero-order valence-electron chi connectivity index (χ0n) is 17.4. The number of nitrogens with two attached hydrogens (primary N) is 2. The number of aromatic nitrogens is 3. The maximum Gasteiger partial charge on any atom is 0.153 e. The number of aliphatic hydroxyl groups excluding tert-OH is 1. The maximum atomic E-state index is 10.00. The van der Waals surface area contributed by atoms with Crippen LogP contribution in [-0.2, 0) is 6.61 Å². The Labute approximate surface area is 186 Å². The molecule has 2 fully saturated rings. The van der Waals surface area contributed by atoms with E-state index in [9.17, 15) is 5.11 Å². The molecule has 4 rings (SSSR count). The molecule has 1 saturated carbocycles. The van der Waals surface area contributed by atoms with Gasteiger partial charge in [0.05, 0.1) is 17.3 Å². The molecule has 1 aliphatic carbocycles. The highest BCUT2D eigenvalue weighted by atomic mass is 35.5. The van der Waals surface area contributed by atoms with Crippen molar-refractivity contribution in [3.05, 3.63) is 28.7 Å². The van der Waals surface area contributed by atoms with Crippen LogP contribution in [0, 0.1) is 18.3 Å². The summed E-state index contributed by atoms with van der Waals surface area (Å²) in [7, 11) is 0. The SMILES string of the molecule is Cc1nc(N2CCC3(CC2)C[C@H](C)C[C@H]3N)c(CO)nc1Sc1ccnc(N)c1Cl. The molecule has 30 heavy (non-hydrogen) atoms. The minimum atomic E-state index is -0.166. The number of nitrogens with zero attached hydrogens (tertiary/aromatic N) is 4. The molecule has 3 heterocycles. The highest BCUT2D eigenvalue weighted by molar-refractivity contribution is 7.99. The second-order valence-corrected chi connectivity index (χ2v) is 10.1. The number of pyridine rings is 1. The van der Waals surface area contributed by atoms with Gasteiger partial charge < -0.3 is 21.5 Å². The molecule has 1 aliphatic heterocycles. The number of anilines is 2. The topological polar surface area (TPSA) is 114 Å². The Morgan fingerprint density at radius 1 is 1.33 bits per heavy atom. The number of aliphatic hydroxyl groups is 1.